The standard InChI is InChI=1S/C13H15ClO3/c1-7-5-4-6-8(10(7)14)17-11-9(12(15)16)13(11,2)3/h4-6,9,11H,1-3H3,(H,15,16). The average molecular weight is 255 g/mol. The third-order valence-corrected chi connectivity index (χ3v) is 3.89. The lowest BCUT2D eigenvalue weighted by atomic mass is 10.1. The van der Waals surface area contributed by atoms with Gasteiger partial charge in [0.1, 0.15) is 17.8 Å². The summed E-state index contributed by atoms with van der Waals surface area (Å²) < 4.78 is 5.71. The molecule has 2 atom stereocenters. The molecule has 1 aromatic rings. The number of ether oxygens (including phenoxy) is 1. The number of hydrogen-bond acceptors (Lipinski definition) is 2. The van der Waals surface area contributed by atoms with Gasteiger partial charge in [-0.05, 0) is 18.6 Å². The van der Waals surface area contributed by atoms with Crippen LogP contribution in [0.15, 0.2) is 18.2 Å². The largest absolute Gasteiger partial charge is 0.487 e. The molecule has 0 spiro atoms. The molecule has 1 aliphatic carbocycles. The maximum absolute atomic E-state index is 11.0. The molecule has 4 heteroatoms. The average Bonchev–Trinajstić information content (AvgIpc) is 2.76. The molecular formula is C13H15ClO3. The molecule has 1 N–H and O–H groups in total. The Hall–Kier alpha value is -1.22. The molecule has 0 aromatic heterocycles. The van der Waals surface area contributed by atoms with Crippen molar-refractivity contribution in [1.82, 2.24) is 0 Å². The zero-order valence-electron chi connectivity index (χ0n) is 10.0. The van der Waals surface area contributed by atoms with E-state index in [1.54, 1.807) is 6.07 Å². The predicted molar refractivity (Wildman–Crippen MR) is 65.5 cm³/mol. The first-order valence-corrected chi connectivity index (χ1v) is 5.88. The number of halogens is 1. The molecule has 1 saturated carbocycles. The van der Waals surface area contributed by atoms with Gasteiger partial charge >= 0.3 is 5.97 Å². The SMILES string of the molecule is Cc1cccc(OC2C(C(=O)O)C2(C)C)c1Cl. The van der Waals surface area contributed by atoms with Gasteiger partial charge in [-0.15, -0.1) is 0 Å². The van der Waals surface area contributed by atoms with Crippen LogP contribution in [0.5, 0.6) is 5.75 Å². The first-order chi connectivity index (χ1) is 7.85. The number of aryl methyl sites for hydroxylation is 1. The van der Waals surface area contributed by atoms with E-state index in [1.165, 1.54) is 0 Å². The minimum atomic E-state index is -0.816. The smallest absolute Gasteiger partial charge is 0.310 e. The lowest BCUT2D eigenvalue weighted by Gasteiger charge is -2.10. The van der Waals surface area contributed by atoms with E-state index in [-0.39, 0.29) is 11.5 Å². The van der Waals surface area contributed by atoms with Gasteiger partial charge in [0.15, 0.2) is 0 Å². The summed E-state index contributed by atoms with van der Waals surface area (Å²) >= 11 is 6.11. The molecule has 1 aromatic carbocycles. The van der Waals surface area contributed by atoms with Crippen LogP contribution in [0.4, 0.5) is 0 Å². The van der Waals surface area contributed by atoms with E-state index in [0.717, 1.165) is 5.56 Å². The Bertz CT molecular complexity index is 468. The lowest BCUT2D eigenvalue weighted by molar-refractivity contribution is -0.139. The summed E-state index contributed by atoms with van der Waals surface area (Å²) in [6.45, 7) is 5.67. The van der Waals surface area contributed by atoms with Crippen LogP contribution in [0.25, 0.3) is 0 Å². The fraction of sp³-hybridized carbons (Fsp3) is 0.462. The van der Waals surface area contributed by atoms with Crippen molar-refractivity contribution in [2.75, 3.05) is 0 Å². The molecule has 2 rings (SSSR count). The number of aliphatic carboxylic acids is 1. The molecule has 0 heterocycles. The van der Waals surface area contributed by atoms with E-state index in [4.69, 9.17) is 21.4 Å². The van der Waals surface area contributed by atoms with Crippen LogP contribution in [0.1, 0.15) is 19.4 Å². The van der Waals surface area contributed by atoms with E-state index in [1.807, 2.05) is 32.9 Å². The molecule has 3 nitrogen and oxygen atoms in total. The summed E-state index contributed by atoms with van der Waals surface area (Å²) in [5, 5.41) is 9.60. The maximum Gasteiger partial charge on any atom is 0.310 e. The number of carbonyl (C=O) groups is 1. The maximum atomic E-state index is 11.0. The lowest BCUT2D eigenvalue weighted by Crippen LogP contribution is -2.08. The van der Waals surface area contributed by atoms with Crippen LogP contribution in [-0.4, -0.2) is 17.2 Å². The summed E-state index contributed by atoms with van der Waals surface area (Å²) in [5.74, 6) is -0.712. The van der Waals surface area contributed by atoms with Crippen LogP contribution in [0, 0.1) is 18.3 Å². The third kappa shape index (κ3) is 2.00. The quantitative estimate of drug-likeness (QED) is 0.901. The number of rotatable bonds is 3. The Morgan fingerprint density at radius 1 is 1.47 bits per heavy atom. The van der Waals surface area contributed by atoms with Gasteiger partial charge in [0.05, 0.1) is 5.02 Å². The van der Waals surface area contributed by atoms with Gasteiger partial charge in [0.25, 0.3) is 0 Å². The van der Waals surface area contributed by atoms with Crippen LogP contribution >= 0.6 is 11.6 Å². The zero-order valence-corrected chi connectivity index (χ0v) is 10.8. The number of hydrogen-bond donors (Lipinski definition) is 1. The first kappa shape index (κ1) is 12.2. The van der Waals surface area contributed by atoms with Gasteiger partial charge in [0.2, 0.25) is 0 Å². The summed E-state index contributed by atoms with van der Waals surface area (Å²) in [7, 11) is 0. The van der Waals surface area contributed by atoms with Crippen molar-refractivity contribution in [2.24, 2.45) is 11.3 Å². The van der Waals surface area contributed by atoms with Crippen molar-refractivity contribution in [1.29, 1.82) is 0 Å². The minimum Gasteiger partial charge on any atom is -0.487 e. The number of benzene rings is 1. The number of carboxylic acids is 1. The second-order valence-corrected chi connectivity index (χ2v) is 5.44. The third-order valence-electron chi connectivity index (χ3n) is 3.40. The van der Waals surface area contributed by atoms with Crippen molar-refractivity contribution in [3.8, 4) is 5.75 Å². The normalized spacial score (nSPS) is 25.4. The van der Waals surface area contributed by atoms with Gasteiger partial charge in [-0.3, -0.25) is 4.79 Å². The van der Waals surface area contributed by atoms with Crippen molar-refractivity contribution >= 4 is 17.6 Å². The molecule has 0 amide bonds. The molecule has 0 radical (unpaired) electrons. The first-order valence-electron chi connectivity index (χ1n) is 5.50. The Morgan fingerprint density at radius 3 is 2.65 bits per heavy atom. The molecule has 0 saturated heterocycles. The summed E-state index contributed by atoms with van der Waals surface area (Å²) in [5.41, 5.74) is 0.591. The highest BCUT2D eigenvalue weighted by Crippen LogP contribution is 2.54. The van der Waals surface area contributed by atoms with E-state index >= 15 is 0 Å². The van der Waals surface area contributed by atoms with Gasteiger partial charge in [-0.25, -0.2) is 0 Å². The molecule has 1 fully saturated rings. The van der Waals surface area contributed by atoms with E-state index < -0.39 is 11.9 Å². The Kier molecular flexibility index (Phi) is 2.82. The van der Waals surface area contributed by atoms with Gasteiger partial charge in [-0.1, -0.05) is 37.6 Å². The van der Waals surface area contributed by atoms with E-state index in [0.29, 0.717) is 10.8 Å². The second-order valence-electron chi connectivity index (χ2n) is 5.06. The highest BCUT2D eigenvalue weighted by atomic mass is 35.5. The Balaban J connectivity index is 2.18. The molecule has 92 valence electrons. The minimum absolute atomic E-state index is 0.306. The van der Waals surface area contributed by atoms with Crippen molar-refractivity contribution in [2.45, 2.75) is 26.9 Å². The highest BCUT2D eigenvalue weighted by Gasteiger charge is 2.65. The van der Waals surface area contributed by atoms with Crippen molar-refractivity contribution in [3.05, 3.63) is 28.8 Å². The van der Waals surface area contributed by atoms with Crippen LogP contribution in [0.3, 0.4) is 0 Å². The van der Waals surface area contributed by atoms with Crippen LogP contribution < -0.4 is 4.74 Å². The van der Waals surface area contributed by atoms with E-state index in [9.17, 15) is 4.79 Å². The fourth-order valence-electron chi connectivity index (χ4n) is 2.11. The topological polar surface area (TPSA) is 46.5 Å². The summed E-state index contributed by atoms with van der Waals surface area (Å²) in [4.78, 5) is 11.0. The number of carboxylic acid groups (broad SMARTS) is 1. The zero-order chi connectivity index (χ0) is 12.8. The monoisotopic (exact) mass is 254 g/mol. The van der Waals surface area contributed by atoms with Crippen molar-refractivity contribution < 1.29 is 14.6 Å². The van der Waals surface area contributed by atoms with Gasteiger partial charge in [0, 0.05) is 5.41 Å². The predicted octanol–water partition coefficient (Wildman–Crippen LogP) is 3.14. The van der Waals surface area contributed by atoms with Gasteiger partial charge in [-0.2, -0.15) is 0 Å². The molecule has 2 unspecified atom stereocenters. The molecule has 1 aliphatic rings. The van der Waals surface area contributed by atoms with E-state index in [2.05, 4.69) is 0 Å². The Morgan fingerprint density at radius 2 is 2.12 bits per heavy atom. The second kappa shape index (κ2) is 3.91. The fourth-order valence-corrected chi connectivity index (χ4v) is 2.28. The summed E-state index contributed by atoms with van der Waals surface area (Å²) in [6.07, 6.45) is -0.306. The highest BCUT2D eigenvalue weighted by molar-refractivity contribution is 6.32. The Labute approximate surface area is 105 Å². The molecule has 0 aliphatic heterocycles. The van der Waals surface area contributed by atoms with Crippen molar-refractivity contribution in [3.63, 3.8) is 0 Å². The molecule has 17 heavy (non-hydrogen) atoms. The molecule has 0 bridgehead atoms. The van der Waals surface area contributed by atoms with Crippen LogP contribution in [0.2, 0.25) is 5.02 Å². The van der Waals surface area contributed by atoms with Gasteiger partial charge < -0.3 is 9.84 Å². The van der Waals surface area contributed by atoms with Crippen LogP contribution in [-0.2, 0) is 4.79 Å². The summed E-state index contributed by atoms with van der Waals surface area (Å²) in [6, 6.07) is 5.51. The molecular weight excluding hydrogens is 240 g/mol.